The number of ether oxygens (including phenoxy) is 1. The van der Waals surface area contributed by atoms with Crippen molar-refractivity contribution < 1.29 is 27.5 Å². The van der Waals surface area contributed by atoms with Gasteiger partial charge in [-0.1, -0.05) is 12.1 Å². The maximum Gasteiger partial charge on any atom is 0.387 e. The Hall–Kier alpha value is -3.23. The molecule has 0 aromatic heterocycles. The monoisotopic (exact) mass is 381 g/mol. The summed E-state index contributed by atoms with van der Waals surface area (Å²) in [6.07, 6.45) is 0. The number of amides is 3. The zero-order chi connectivity index (χ0) is 20.0. The molecule has 2 aromatic rings. The number of carbonyl (C=O) groups excluding carboxylic acids is 2. The van der Waals surface area contributed by atoms with Gasteiger partial charge in [0.25, 0.3) is 0 Å². The van der Waals surface area contributed by atoms with Crippen LogP contribution in [0.2, 0.25) is 0 Å². The molecule has 3 amide bonds. The van der Waals surface area contributed by atoms with Crippen LogP contribution in [0.3, 0.4) is 0 Å². The van der Waals surface area contributed by atoms with Crippen molar-refractivity contribution in [2.75, 3.05) is 10.6 Å². The average Bonchev–Trinajstić information content (AvgIpc) is 2.57. The first-order valence-corrected chi connectivity index (χ1v) is 7.94. The van der Waals surface area contributed by atoms with Crippen LogP contribution >= 0.6 is 0 Å². The largest absolute Gasteiger partial charge is 0.435 e. The van der Waals surface area contributed by atoms with Crippen LogP contribution in [-0.4, -0.2) is 18.5 Å². The molecule has 0 spiro atoms. The average molecular weight is 381 g/mol. The van der Waals surface area contributed by atoms with E-state index in [0.29, 0.717) is 5.56 Å². The third kappa shape index (κ3) is 6.21. The van der Waals surface area contributed by atoms with Crippen LogP contribution in [-0.2, 0) is 4.79 Å². The van der Waals surface area contributed by atoms with E-state index in [1.165, 1.54) is 31.2 Å². The topological polar surface area (TPSA) is 79.5 Å². The first-order chi connectivity index (χ1) is 12.7. The minimum atomic E-state index is -2.91. The molecule has 0 radical (unpaired) electrons. The van der Waals surface area contributed by atoms with E-state index in [1.807, 2.05) is 0 Å². The van der Waals surface area contributed by atoms with Crippen LogP contribution in [0.15, 0.2) is 42.5 Å². The smallest absolute Gasteiger partial charge is 0.387 e. The molecular weight excluding hydrogens is 363 g/mol. The Kier molecular flexibility index (Phi) is 6.64. The van der Waals surface area contributed by atoms with E-state index in [4.69, 9.17) is 0 Å². The molecule has 0 heterocycles. The number of hydrogen-bond donors (Lipinski definition) is 3. The predicted octanol–water partition coefficient (Wildman–Crippen LogP) is 4.27. The first kappa shape index (κ1) is 20.1. The molecule has 0 aliphatic rings. The lowest BCUT2D eigenvalue weighted by molar-refractivity contribution is -0.114. The number of urea groups is 1. The van der Waals surface area contributed by atoms with Crippen molar-refractivity contribution in [3.8, 4) is 5.75 Å². The van der Waals surface area contributed by atoms with Crippen molar-refractivity contribution in [3.63, 3.8) is 0 Å². The number of rotatable bonds is 6. The van der Waals surface area contributed by atoms with Crippen LogP contribution in [0, 0.1) is 5.82 Å². The number of benzene rings is 2. The Balaban J connectivity index is 1.97. The fourth-order valence-corrected chi connectivity index (χ4v) is 2.27. The van der Waals surface area contributed by atoms with Crippen LogP contribution in [0.1, 0.15) is 25.5 Å². The number of carbonyl (C=O) groups is 2. The molecule has 2 rings (SSSR count). The van der Waals surface area contributed by atoms with E-state index < -0.39 is 30.4 Å². The number of alkyl halides is 2. The van der Waals surface area contributed by atoms with Crippen LogP contribution in [0.5, 0.6) is 5.75 Å². The van der Waals surface area contributed by atoms with Gasteiger partial charge in [0, 0.05) is 12.6 Å². The zero-order valence-electron chi connectivity index (χ0n) is 14.6. The second-order valence-corrected chi connectivity index (χ2v) is 5.64. The van der Waals surface area contributed by atoms with E-state index >= 15 is 0 Å². The van der Waals surface area contributed by atoms with Crippen molar-refractivity contribution >= 4 is 23.3 Å². The van der Waals surface area contributed by atoms with E-state index in [-0.39, 0.29) is 17.1 Å². The molecule has 27 heavy (non-hydrogen) atoms. The standard InChI is InChI=1S/C18H18F3N3O3/c1-10(12-3-6-14(7-4-12)27-17(20)21)22-18(26)24-13-5-8-15(19)16(9-13)23-11(2)25/h3-10,17H,1-2H3,(H,23,25)(H2,22,24,26). The summed E-state index contributed by atoms with van der Waals surface area (Å²) in [7, 11) is 0. The molecule has 1 unspecified atom stereocenters. The Labute approximate surface area is 153 Å². The molecule has 1 atom stereocenters. The van der Waals surface area contributed by atoms with Crippen molar-refractivity contribution in [1.29, 1.82) is 0 Å². The highest BCUT2D eigenvalue weighted by atomic mass is 19.3. The van der Waals surface area contributed by atoms with Gasteiger partial charge in [-0.25, -0.2) is 9.18 Å². The zero-order valence-corrected chi connectivity index (χ0v) is 14.6. The summed E-state index contributed by atoms with van der Waals surface area (Å²) in [4.78, 5) is 23.2. The molecule has 0 aliphatic heterocycles. The maximum atomic E-state index is 13.6. The summed E-state index contributed by atoms with van der Waals surface area (Å²) < 4.78 is 42.2. The fraction of sp³-hybridized carbons (Fsp3) is 0.222. The van der Waals surface area contributed by atoms with Gasteiger partial charge in [0.15, 0.2) is 0 Å². The summed E-state index contributed by atoms with van der Waals surface area (Å²) in [5, 5.41) is 7.51. The normalized spacial score (nSPS) is 11.6. The van der Waals surface area contributed by atoms with Gasteiger partial charge in [-0.2, -0.15) is 8.78 Å². The summed E-state index contributed by atoms with van der Waals surface area (Å²) in [5.41, 5.74) is 0.901. The van der Waals surface area contributed by atoms with Crippen molar-refractivity contribution in [1.82, 2.24) is 5.32 Å². The minimum absolute atomic E-state index is 0.0159. The molecule has 0 saturated carbocycles. The molecule has 3 N–H and O–H groups in total. The highest BCUT2D eigenvalue weighted by Gasteiger charge is 2.12. The minimum Gasteiger partial charge on any atom is -0.435 e. The second kappa shape index (κ2) is 8.93. The van der Waals surface area contributed by atoms with Gasteiger partial charge in [0.1, 0.15) is 11.6 Å². The molecule has 0 saturated heterocycles. The molecule has 144 valence electrons. The Morgan fingerprint density at radius 3 is 2.30 bits per heavy atom. The quantitative estimate of drug-likeness (QED) is 0.699. The molecule has 0 aliphatic carbocycles. The van der Waals surface area contributed by atoms with Gasteiger partial charge >= 0.3 is 12.6 Å². The molecule has 0 bridgehead atoms. The van der Waals surface area contributed by atoms with Gasteiger partial charge < -0.3 is 20.7 Å². The lowest BCUT2D eigenvalue weighted by atomic mass is 10.1. The highest BCUT2D eigenvalue weighted by molar-refractivity contribution is 5.92. The van der Waals surface area contributed by atoms with Crippen molar-refractivity contribution in [2.24, 2.45) is 0 Å². The first-order valence-electron chi connectivity index (χ1n) is 7.94. The lowest BCUT2D eigenvalue weighted by Gasteiger charge is -2.16. The molecule has 6 nitrogen and oxygen atoms in total. The maximum absolute atomic E-state index is 13.6. The lowest BCUT2D eigenvalue weighted by Crippen LogP contribution is -2.31. The predicted molar refractivity (Wildman–Crippen MR) is 94.3 cm³/mol. The summed E-state index contributed by atoms with van der Waals surface area (Å²) >= 11 is 0. The van der Waals surface area contributed by atoms with Gasteiger partial charge in [-0.05, 0) is 42.8 Å². The van der Waals surface area contributed by atoms with Gasteiger partial charge in [0.05, 0.1) is 11.7 Å². The third-order valence-electron chi connectivity index (χ3n) is 3.49. The number of halogens is 3. The van der Waals surface area contributed by atoms with E-state index in [2.05, 4.69) is 20.7 Å². The summed E-state index contributed by atoms with van der Waals surface area (Å²) in [5.74, 6) is -1.05. The van der Waals surface area contributed by atoms with E-state index in [1.54, 1.807) is 19.1 Å². The van der Waals surface area contributed by atoms with Crippen molar-refractivity contribution in [3.05, 3.63) is 53.8 Å². The molecular formula is C18H18F3N3O3. The van der Waals surface area contributed by atoms with Gasteiger partial charge in [0.2, 0.25) is 5.91 Å². The SMILES string of the molecule is CC(=O)Nc1cc(NC(=O)NC(C)c2ccc(OC(F)F)cc2)ccc1F. The van der Waals surface area contributed by atoms with E-state index in [9.17, 15) is 22.8 Å². The molecule has 0 fully saturated rings. The number of nitrogens with one attached hydrogen (secondary N) is 3. The number of hydrogen-bond acceptors (Lipinski definition) is 3. The van der Waals surface area contributed by atoms with Gasteiger partial charge in [-0.15, -0.1) is 0 Å². The Morgan fingerprint density at radius 1 is 1.04 bits per heavy atom. The highest BCUT2D eigenvalue weighted by Crippen LogP contribution is 2.21. The summed E-state index contributed by atoms with van der Waals surface area (Å²) in [6, 6.07) is 8.61. The number of anilines is 2. The van der Waals surface area contributed by atoms with Crippen molar-refractivity contribution in [2.45, 2.75) is 26.5 Å². The second-order valence-electron chi connectivity index (χ2n) is 5.64. The fourth-order valence-electron chi connectivity index (χ4n) is 2.27. The Morgan fingerprint density at radius 2 is 1.70 bits per heavy atom. The summed E-state index contributed by atoms with van der Waals surface area (Å²) in [6.45, 7) is 0.0388. The van der Waals surface area contributed by atoms with E-state index in [0.717, 1.165) is 6.07 Å². The molecule has 2 aromatic carbocycles. The van der Waals surface area contributed by atoms with Crippen LogP contribution < -0.4 is 20.7 Å². The van der Waals surface area contributed by atoms with Crippen LogP contribution in [0.25, 0.3) is 0 Å². The Bertz CT molecular complexity index is 813. The van der Waals surface area contributed by atoms with Crippen LogP contribution in [0.4, 0.5) is 29.3 Å². The third-order valence-corrected chi connectivity index (χ3v) is 3.49. The molecule has 9 heteroatoms. The van der Waals surface area contributed by atoms with Gasteiger partial charge in [-0.3, -0.25) is 4.79 Å².